The van der Waals surface area contributed by atoms with E-state index in [2.05, 4.69) is 45.9 Å². The number of nitrogens with zero attached hydrogens (tertiary/aromatic N) is 1. The number of aryl methyl sites for hydroxylation is 1. The monoisotopic (exact) mass is 243 g/mol. The molecule has 0 saturated heterocycles. The first kappa shape index (κ1) is 12.9. The van der Waals surface area contributed by atoms with Crippen molar-refractivity contribution in [1.29, 1.82) is 0 Å². The van der Waals surface area contributed by atoms with Crippen LogP contribution in [0, 0.1) is 0 Å². The van der Waals surface area contributed by atoms with E-state index in [4.69, 9.17) is 0 Å². The molecule has 0 saturated carbocycles. The summed E-state index contributed by atoms with van der Waals surface area (Å²) in [7, 11) is 1.85. The molecular formula is C16H21NO. The summed E-state index contributed by atoms with van der Waals surface area (Å²) in [6.07, 6.45) is 0. The highest BCUT2D eigenvalue weighted by Crippen LogP contribution is 2.22. The summed E-state index contributed by atoms with van der Waals surface area (Å²) in [5, 5.41) is 1.16. The van der Waals surface area contributed by atoms with Crippen LogP contribution in [0.4, 0.5) is 0 Å². The second kappa shape index (κ2) is 4.60. The molecule has 96 valence electrons. The molecule has 18 heavy (non-hydrogen) atoms. The SMILES string of the molecule is CC(C)c1ccc2c(c1)cc(C(C)C)c(=O)n2C. The molecule has 2 rings (SSSR count). The molecule has 0 N–H and O–H groups in total. The summed E-state index contributed by atoms with van der Waals surface area (Å²) >= 11 is 0. The van der Waals surface area contributed by atoms with Gasteiger partial charge >= 0.3 is 0 Å². The molecule has 0 aliphatic heterocycles. The Balaban J connectivity index is 2.79. The first-order chi connectivity index (χ1) is 8.41. The fourth-order valence-electron chi connectivity index (χ4n) is 2.30. The zero-order chi connectivity index (χ0) is 13.4. The largest absolute Gasteiger partial charge is 0.311 e. The lowest BCUT2D eigenvalue weighted by atomic mass is 9.98. The average molecular weight is 243 g/mol. The number of benzene rings is 1. The summed E-state index contributed by atoms with van der Waals surface area (Å²) in [5.41, 5.74) is 3.34. The Morgan fingerprint density at radius 2 is 1.67 bits per heavy atom. The minimum absolute atomic E-state index is 0.120. The Morgan fingerprint density at radius 3 is 2.22 bits per heavy atom. The van der Waals surface area contributed by atoms with E-state index in [1.807, 2.05) is 13.1 Å². The van der Waals surface area contributed by atoms with Crippen molar-refractivity contribution in [2.75, 3.05) is 0 Å². The van der Waals surface area contributed by atoms with Crippen LogP contribution in [0.3, 0.4) is 0 Å². The van der Waals surface area contributed by atoms with Crippen molar-refractivity contribution >= 4 is 10.9 Å². The van der Waals surface area contributed by atoms with Gasteiger partial charge in [0.15, 0.2) is 0 Å². The highest BCUT2D eigenvalue weighted by molar-refractivity contribution is 5.80. The van der Waals surface area contributed by atoms with E-state index in [1.54, 1.807) is 4.57 Å². The minimum Gasteiger partial charge on any atom is -0.311 e. The lowest BCUT2D eigenvalue weighted by Crippen LogP contribution is -2.22. The molecule has 1 heterocycles. The lowest BCUT2D eigenvalue weighted by Gasteiger charge is -2.13. The number of hydrogen-bond donors (Lipinski definition) is 0. The third-order valence-electron chi connectivity index (χ3n) is 3.56. The summed E-state index contributed by atoms with van der Waals surface area (Å²) < 4.78 is 1.76. The van der Waals surface area contributed by atoms with Crippen LogP contribution >= 0.6 is 0 Å². The number of aromatic nitrogens is 1. The maximum Gasteiger partial charge on any atom is 0.254 e. The highest BCUT2D eigenvalue weighted by atomic mass is 16.1. The van der Waals surface area contributed by atoms with Gasteiger partial charge in [-0.2, -0.15) is 0 Å². The lowest BCUT2D eigenvalue weighted by molar-refractivity contribution is 0.801. The van der Waals surface area contributed by atoms with Crippen molar-refractivity contribution in [3.63, 3.8) is 0 Å². The molecule has 0 radical (unpaired) electrons. The third-order valence-corrected chi connectivity index (χ3v) is 3.56. The molecule has 0 bridgehead atoms. The second-order valence-corrected chi connectivity index (χ2v) is 5.59. The van der Waals surface area contributed by atoms with E-state index in [-0.39, 0.29) is 11.5 Å². The number of rotatable bonds is 2. The first-order valence-electron chi connectivity index (χ1n) is 6.55. The van der Waals surface area contributed by atoms with Gasteiger partial charge in [0.05, 0.1) is 5.52 Å². The Hall–Kier alpha value is -1.57. The topological polar surface area (TPSA) is 22.0 Å². The number of hydrogen-bond acceptors (Lipinski definition) is 1. The summed E-state index contributed by atoms with van der Waals surface area (Å²) in [4.78, 5) is 12.2. The van der Waals surface area contributed by atoms with Crippen molar-refractivity contribution in [3.8, 4) is 0 Å². The molecule has 0 fully saturated rings. The Labute approximate surface area is 108 Å². The number of pyridine rings is 1. The quantitative estimate of drug-likeness (QED) is 0.786. The molecule has 0 unspecified atom stereocenters. The fourth-order valence-corrected chi connectivity index (χ4v) is 2.30. The van der Waals surface area contributed by atoms with Gasteiger partial charge in [0.1, 0.15) is 0 Å². The van der Waals surface area contributed by atoms with Crippen molar-refractivity contribution in [1.82, 2.24) is 4.57 Å². The number of fused-ring (bicyclic) bond motifs is 1. The van der Waals surface area contributed by atoms with Crippen LogP contribution in [0.2, 0.25) is 0 Å². The maximum absolute atomic E-state index is 12.2. The van der Waals surface area contributed by atoms with Gasteiger partial charge in [-0.3, -0.25) is 4.79 Å². The van der Waals surface area contributed by atoms with Crippen molar-refractivity contribution in [2.45, 2.75) is 39.5 Å². The van der Waals surface area contributed by atoms with E-state index in [0.717, 1.165) is 16.5 Å². The van der Waals surface area contributed by atoms with Gasteiger partial charge in [-0.25, -0.2) is 0 Å². The zero-order valence-corrected chi connectivity index (χ0v) is 11.8. The molecule has 0 aliphatic rings. The van der Waals surface area contributed by atoms with Crippen molar-refractivity contribution < 1.29 is 0 Å². The molecule has 1 aromatic carbocycles. The molecule has 0 atom stereocenters. The van der Waals surface area contributed by atoms with Crippen LogP contribution in [0.15, 0.2) is 29.1 Å². The van der Waals surface area contributed by atoms with Crippen LogP contribution in [-0.2, 0) is 7.05 Å². The molecule has 0 spiro atoms. The van der Waals surface area contributed by atoms with Crippen LogP contribution in [-0.4, -0.2) is 4.57 Å². The van der Waals surface area contributed by atoms with Crippen molar-refractivity contribution in [2.24, 2.45) is 7.05 Å². The summed E-state index contributed by atoms with van der Waals surface area (Å²) in [5.74, 6) is 0.768. The summed E-state index contributed by atoms with van der Waals surface area (Å²) in [6.45, 7) is 8.50. The molecule has 0 amide bonds. The standard InChI is InChI=1S/C16H21NO/c1-10(2)12-6-7-15-13(8-12)9-14(11(3)4)16(18)17(15)5/h6-11H,1-5H3. The highest BCUT2D eigenvalue weighted by Gasteiger charge is 2.10. The second-order valence-electron chi connectivity index (χ2n) is 5.59. The first-order valence-corrected chi connectivity index (χ1v) is 6.55. The molecule has 2 aromatic rings. The molecule has 1 aromatic heterocycles. The Bertz CT molecular complexity index is 635. The van der Waals surface area contributed by atoms with Crippen molar-refractivity contribution in [3.05, 3.63) is 45.7 Å². The third kappa shape index (κ3) is 2.07. The van der Waals surface area contributed by atoms with Gasteiger partial charge in [0.25, 0.3) is 5.56 Å². The Morgan fingerprint density at radius 1 is 1.00 bits per heavy atom. The van der Waals surface area contributed by atoms with E-state index >= 15 is 0 Å². The normalized spacial score (nSPS) is 11.7. The zero-order valence-electron chi connectivity index (χ0n) is 11.8. The van der Waals surface area contributed by atoms with Gasteiger partial charge in [0.2, 0.25) is 0 Å². The predicted molar refractivity (Wildman–Crippen MR) is 77.4 cm³/mol. The predicted octanol–water partition coefficient (Wildman–Crippen LogP) is 3.79. The maximum atomic E-state index is 12.2. The van der Waals surface area contributed by atoms with Crippen LogP contribution in [0.1, 0.15) is 50.7 Å². The van der Waals surface area contributed by atoms with Gasteiger partial charge in [-0.15, -0.1) is 0 Å². The summed E-state index contributed by atoms with van der Waals surface area (Å²) in [6, 6.07) is 8.41. The molecule has 2 nitrogen and oxygen atoms in total. The smallest absolute Gasteiger partial charge is 0.254 e. The van der Waals surface area contributed by atoms with Crippen LogP contribution in [0.25, 0.3) is 10.9 Å². The van der Waals surface area contributed by atoms with Gasteiger partial charge in [-0.05, 0) is 41.0 Å². The van der Waals surface area contributed by atoms with E-state index < -0.39 is 0 Å². The van der Waals surface area contributed by atoms with Crippen LogP contribution < -0.4 is 5.56 Å². The minimum atomic E-state index is 0.120. The van der Waals surface area contributed by atoms with Crippen LogP contribution in [0.5, 0.6) is 0 Å². The van der Waals surface area contributed by atoms with E-state index in [0.29, 0.717) is 5.92 Å². The Kier molecular flexibility index (Phi) is 3.29. The molecule has 0 aliphatic carbocycles. The van der Waals surface area contributed by atoms with Gasteiger partial charge < -0.3 is 4.57 Å². The molecular weight excluding hydrogens is 222 g/mol. The van der Waals surface area contributed by atoms with Gasteiger partial charge in [0, 0.05) is 12.6 Å². The molecule has 2 heteroatoms. The van der Waals surface area contributed by atoms with E-state index in [1.165, 1.54) is 5.56 Å². The fraction of sp³-hybridized carbons (Fsp3) is 0.438. The van der Waals surface area contributed by atoms with E-state index in [9.17, 15) is 4.79 Å². The average Bonchev–Trinajstić information content (AvgIpc) is 2.32. The van der Waals surface area contributed by atoms with Gasteiger partial charge in [-0.1, -0.05) is 33.8 Å².